The molecule has 23 heavy (non-hydrogen) atoms. The first-order chi connectivity index (χ1) is 11.2. The fourth-order valence-corrected chi connectivity index (χ4v) is 1.89. The van der Waals surface area contributed by atoms with E-state index in [1.807, 2.05) is 37.3 Å². The van der Waals surface area contributed by atoms with Crippen LogP contribution in [0.2, 0.25) is 0 Å². The van der Waals surface area contributed by atoms with E-state index in [0.29, 0.717) is 17.9 Å². The van der Waals surface area contributed by atoms with Gasteiger partial charge in [-0.05, 0) is 42.3 Å². The summed E-state index contributed by atoms with van der Waals surface area (Å²) in [6.45, 7) is 2.34. The zero-order valence-electron chi connectivity index (χ0n) is 13.0. The van der Waals surface area contributed by atoms with Crippen LogP contribution in [0.1, 0.15) is 29.3 Å². The molecule has 1 amide bonds. The molecule has 0 aliphatic carbocycles. The van der Waals surface area contributed by atoms with Gasteiger partial charge >= 0.3 is 5.97 Å². The van der Waals surface area contributed by atoms with Crippen LogP contribution in [0.15, 0.2) is 60.7 Å². The van der Waals surface area contributed by atoms with Gasteiger partial charge in [0.2, 0.25) is 5.91 Å². The molecule has 0 fully saturated rings. The summed E-state index contributed by atoms with van der Waals surface area (Å²) in [5, 5.41) is 2.74. The maximum atomic E-state index is 11.9. The number of nitrogens with one attached hydrogen (secondary N) is 1. The van der Waals surface area contributed by atoms with Crippen LogP contribution in [-0.2, 0) is 9.53 Å². The van der Waals surface area contributed by atoms with Crippen LogP contribution in [0.3, 0.4) is 0 Å². The van der Waals surface area contributed by atoms with Gasteiger partial charge in [0, 0.05) is 11.8 Å². The number of benzene rings is 2. The molecule has 0 atom stereocenters. The van der Waals surface area contributed by atoms with Gasteiger partial charge in [-0.25, -0.2) is 4.79 Å². The van der Waals surface area contributed by atoms with Crippen LogP contribution in [0.25, 0.3) is 6.08 Å². The number of carbonyl (C=O) groups excluding carboxylic acids is 2. The Labute approximate surface area is 135 Å². The zero-order chi connectivity index (χ0) is 16.5. The Balaban J connectivity index is 1.91. The SMILES string of the molecule is CCCOC(=O)c1ccc(NC(=O)/C=C/c2ccccc2)cc1. The minimum atomic E-state index is -0.353. The third-order valence-corrected chi connectivity index (χ3v) is 3.05. The highest BCUT2D eigenvalue weighted by Gasteiger charge is 2.06. The van der Waals surface area contributed by atoms with Crippen LogP contribution in [0.4, 0.5) is 5.69 Å². The number of ether oxygens (including phenoxy) is 1. The van der Waals surface area contributed by atoms with Crippen LogP contribution in [-0.4, -0.2) is 18.5 Å². The molecule has 0 saturated carbocycles. The maximum absolute atomic E-state index is 11.9. The lowest BCUT2D eigenvalue weighted by atomic mass is 10.2. The lowest BCUT2D eigenvalue weighted by Gasteiger charge is -2.05. The minimum Gasteiger partial charge on any atom is -0.462 e. The fourth-order valence-electron chi connectivity index (χ4n) is 1.89. The molecule has 0 aliphatic rings. The predicted molar refractivity (Wildman–Crippen MR) is 91.1 cm³/mol. The van der Waals surface area contributed by atoms with Gasteiger partial charge in [-0.15, -0.1) is 0 Å². The van der Waals surface area contributed by atoms with Gasteiger partial charge in [-0.1, -0.05) is 37.3 Å². The normalized spacial score (nSPS) is 10.5. The number of anilines is 1. The summed E-state index contributed by atoms with van der Waals surface area (Å²) in [6, 6.07) is 16.2. The lowest BCUT2D eigenvalue weighted by Crippen LogP contribution is -2.09. The number of amides is 1. The predicted octanol–water partition coefficient (Wildman–Crippen LogP) is 3.91. The summed E-state index contributed by atoms with van der Waals surface area (Å²) >= 11 is 0. The Morgan fingerprint density at radius 3 is 2.39 bits per heavy atom. The standard InChI is InChI=1S/C19H19NO3/c1-2-14-23-19(22)16-9-11-17(12-10-16)20-18(21)13-8-15-6-4-3-5-7-15/h3-13H,2,14H2,1H3,(H,20,21)/b13-8+. The molecule has 0 radical (unpaired) electrons. The third kappa shape index (κ3) is 5.43. The average Bonchev–Trinajstić information content (AvgIpc) is 2.59. The van der Waals surface area contributed by atoms with E-state index in [-0.39, 0.29) is 11.9 Å². The molecule has 4 heteroatoms. The Kier molecular flexibility index (Phi) is 6.12. The number of hydrogen-bond acceptors (Lipinski definition) is 3. The molecule has 0 aliphatic heterocycles. The van der Waals surface area contributed by atoms with Crippen molar-refractivity contribution in [1.29, 1.82) is 0 Å². The highest BCUT2D eigenvalue weighted by molar-refractivity contribution is 6.02. The second kappa shape index (κ2) is 8.54. The van der Waals surface area contributed by atoms with E-state index >= 15 is 0 Å². The maximum Gasteiger partial charge on any atom is 0.338 e. The summed E-state index contributed by atoms with van der Waals surface area (Å²) < 4.78 is 5.05. The van der Waals surface area contributed by atoms with Crippen LogP contribution >= 0.6 is 0 Å². The van der Waals surface area contributed by atoms with Crippen molar-refractivity contribution in [3.8, 4) is 0 Å². The second-order valence-electron chi connectivity index (χ2n) is 4.95. The second-order valence-corrected chi connectivity index (χ2v) is 4.95. The number of hydrogen-bond donors (Lipinski definition) is 1. The van der Waals surface area contributed by atoms with Gasteiger partial charge in [0.1, 0.15) is 0 Å². The number of esters is 1. The first-order valence-electron chi connectivity index (χ1n) is 7.50. The zero-order valence-corrected chi connectivity index (χ0v) is 13.0. The molecule has 2 aromatic rings. The van der Waals surface area contributed by atoms with Crippen molar-refractivity contribution in [3.63, 3.8) is 0 Å². The highest BCUT2D eigenvalue weighted by Crippen LogP contribution is 2.11. The van der Waals surface area contributed by atoms with Crippen LogP contribution in [0, 0.1) is 0 Å². The molecule has 4 nitrogen and oxygen atoms in total. The molecule has 1 N–H and O–H groups in total. The van der Waals surface area contributed by atoms with Gasteiger partial charge in [-0.2, -0.15) is 0 Å². The summed E-state index contributed by atoms with van der Waals surface area (Å²) in [5.74, 6) is -0.580. The first-order valence-corrected chi connectivity index (χ1v) is 7.50. The Hall–Kier alpha value is -2.88. The molecule has 0 spiro atoms. The van der Waals surface area contributed by atoms with E-state index in [9.17, 15) is 9.59 Å². The lowest BCUT2D eigenvalue weighted by molar-refractivity contribution is -0.111. The molecule has 0 saturated heterocycles. The molecule has 0 unspecified atom stereocenters. The van der Waals surface area contributed by atoms with Gasteiger partial charge in [-0.3, -0.25) is 4.79 Å². The van der Waals surface area contributed by atoms with E-state index in [4.69, 9.17) is 4.74 Å². The molecule has 0 bridgehead atoms. The number of rotatable bonds is 6. The Morgan fingerprint density at radius 2 is 1.74 bits per heavy atom. The smallest absolute Gasteiger partial charge is 0.338 e. The molecular weight excluding hydrogens is 290 g/mol. The van der Waals surface area contributed by atoms with Gasteiger partial charge < -0.3 is 10.1 Å². The fraction of sp³-hybridized carbons (Fsp3) is 0.158. The summed E-state index contributed by atoms with van der Waals surface area (Å²) in [5.41, 5.74) is 2.05. The number of carbonyl (C=O) groups is 2. The summed E-state index contributed by atoms with van der Waals surface area (Å²) in [6.07, 6.45) is 4.00. The molecule has 0 heterocycles. The van der Waals surface area contributed by atoms with Crippen molar-refractivity contribution in [2.75, 3.05) is 11.9 Å². The van der Waals surface area contributed by atoms with E-state index in [2.05, 4.69) is 5.32 Å². The van der Waals surface area contributed by atoms with Crippen molar-refractivity contribution in [2.24, 2.45) is 0 Å². The van der Waals surface area contributed by atoms with Gasteiger partial charge in [0.05, 0.1) is 12.2 Å². The van der Waals surface area contributed by atoms with Crippen molar-refractivity contribution in [3.05, 3.63) is 71.8 Å². The minimum absolute atomic E-state index is 0.227. The molecule has 2 aromatic carbocycles. The summed E-state index contributed by atoms with van der Waals surface area (Å²) in [7, 11) is 0. The Bertz CT molecular complexity index is 676. The van der Waals surface area contributed by atoms with E-state index in [1.165, 1.54) is 6.08 Å². The van der Waals surface area contributed by atoms with Crippen molar-refractivity contribution in [1.82, 2.24) is 0 Å². The van der Waals surface area contributed by atoms with E-state index in [1.54, 1.807) is 30.3 Å². The van der Waals surface area contributed by atoms with Crippen LogP contribution in [0.5, 0.6) is 0 Å². The first kappa shape index (κ1) is 16.5. The highest BCUT2D eigenvalue weighted by atomic mass is 16.5. The molecule has 118 valence electrons. The quantitative estimate of drug-likeness (QED) is 0.650. The van der Waals surface area contributed by atoms with Crippen molar-refractivity contribution >= 4 is 23.6 Å². The Morgan fingerprint density at radius 1 is 1.04 bits per heavy atom. The van der Waals surface area contributed by atoms with E-state index < -0.39 is 0 Å². The van der Waals surface area contributed by atoms with Gasteiger partial charge in [0.15, 0.2) is 0 Å². The van der Waals surface area contributed by atoms with Crippen molar-refractivity contribution in [2.45, 2.75) is 13.3 Å². The topological polar surface area (TPSA) is 55.4 Å². The molecule has 0 aromatic heterocycles. The van der Waals surface area contributed by atoms with Crippen LogP contribution < -0.4 is 5.32 Å². The average molecular weight is 309 g/mol. The van der Waals surface area contributed by atoms with E-state index in [0.717, 1.165) is 12.0 Å². The third-order valence-electron chi connectivity index (χ3n) is 3.05. The molecule has 2 rings (SSSR count). The van der Waals surface area contributed by atoms with Gasteiger partial charge in [0.25, 0.3) is 0 Å². The monoisotopic (exact) mass is 309 g/mol. The largest absolute Gasteiger partial charge is 0.462 e. The van der Waals surface area contributed by atoms with Crippen molar-refractivity contribution < 1.29 is 14.3 Å². The summed E-state index contributed by atoms with van der Waals surface area (Å²) in [4.78, 5) is 23.5. The molecular formula is C19H19NO3.